The van der Waals surface area contributed by atoms with Crippen LogP contribution in [0.25, 0.3) is 0 Å². The predicted molar refractivity (Wildman–Crippen MR) is 77.0 cm³/mol. The predicted octanol–water partition coefficient (Wildman–Crippen LogP) is 1.47. The zero-order valence-electron chi connectivity index (χ0n) is 12.0. The van der Waals surface area contributed by atoms with Crippen LogP contribution in [0.15, 0.2) is 29.2 Å². The van der Waals surface area contributed by atoms with Gasteiger partial charge >= 0.3 is 0 Å². The summed E-state index contributed by atoms with van der Waals surface area (Å²) < 4.78 is 25.8. The molecule has 0 heterocycles. The molecule has 1 fully saturated rings. The van der Waals surface area contributed by atoms with Gasteiger partial charge < -0.3 is 4.90 Å². The number of carbonyl (C=O) groups excluding carboxylic acids is 1. The van der Waals surface area contributed by atoms with Gasteiger partial charge in [0.15, 0.2) is 0 Å². The third-order valence-electron chi connectivity index (χ3n) is 3.90. The van der Waals surface area contributed by atoms with Gasteiger partial charge in [0, 0.05) is 18.7 Å². The summed E-state index contributed by atoms with van der Waals surface area (Å²) in [6.07, 6.45) is 2.32. The Balaban J connectivity index is 2.24. The van der Waals surface area contributed by atoms with Crippen molar-refractivity contribution in [2.75, 3.05) is 14.1 Å². The molecule has 1 aromatic rings. The molecule has 1 N–H and O–H groups in total. The molecule has 1 aromatic carbocycles. The number of sulfonamides is 1. The summed E-state index contributed by atoms with van der Waals surface area (Å²) in [6.45, 7) is 2.03. The van der Waals surface area contributed by atoms with Crippen LogP contribution in [0.3, 0.4) is 0 Å². The van der Waals surface area contributed by atoms with Crippen LogP contribution in [0.5, 0.6) is 0 Å². The number of benzene rings is 1. The summed E-state index contributed by atoms with van der Waals surface area (Å²) in [5, 5.41) is 0. The van der Waals surface area contributed by atoms with Crippen LogP contribution < -0.4 is 4.72 Å². The van der Waals surface area contributed by atoms with Gasteiger partial charge in [0.05, 0.1) is 4.90 Å². The van der Waals surface area contributed by atoms with Crippen molar-refractivity contribution in [1.82, 2.24) is 9.62 Å². The molecule has 0 spiro atoms. The maximum atomic E-state index is 12.4. The fraction of sp³-hybridized carbons (Fsp3) is 0.500. The fourth-order valence-corrected chi connectivity index (χ4v) is 2.97. The molecule has 0 radical (unpaired) electrons. The molecule has 2 rings (SSSR count). The van der Waals surface area contributed by atoms with Crippen LogP contribution in [0.1, 0.15) is 30.1 Å². The first-order chi connectivity index (χ1) is 9.36. The molecule has 0 bridgehead atoms. The van der Waals surface area contributed by atoms with Crippen molar-refractivity contribution in [3.63, 3.8) is 0 Å². The van der Waals surface area contributed by atoms with Crippen molar-refractivity contribution in [3.8, 4) is 0 Å². The highest BCUT2D eigenvalue weighted by Crippen LogP contribution is 2.35. The van der Waals surface area contributed by atoms with Crippen molar-refractivity contribution in [1.29, 1.82) is 0 Å². The summed E-state index contributed by atoms with van der Waals surface area (Å²) in [7, 11) is -0.404. The Kier molecular flexibility index (Phi) is 4.15. The Morgan fingerprint density at radius 3 is 2.60 bits per heavy atom. The first kappa shape index (κ1) is 15.0. The number of hydrogen-bond donors (Lipinski definition) is 1. The largest absolute Gasteiger partial charge is 0.339 e. The van der Waals surface area contributed by atoms with Gasteiger partial charge in [-0.05, 0) is 50.9 Å². The number of nitrogens with zero attached hydrogens (tertiary/aromatic N) is 1. The maximum Gasteiger partial charge on any atom is 0.253 e. The van der Waals surface area contributed by atoms with Gasteiger partial charge in [0.1, 0.15) is 0 Å². The Morgan fingerprint density at radius 2 is 2.05 bits per heavy atom. The van der Waals surface area contributed by atoms with Gasteiger partial charge in [-0.1, -0.05) is 6.07 Å². The molecule has 110 valence electrons. The van der Waals surface area contributed by atoms with Crippen molar-refractivity contribution in [3.05, 3.63) is 29.8 Å². The minimum absolute atomic E-state index is 0.110. The van der Waals surface area contributed by atoms with E-state index in [2.05, 4.69) is 4.72 Å². The Labute approximate surface area is 120 Å². The SMILES string of the molecule is CNS(=O)(=O)c1cccc(C(=O)N(C)C(C)C2CC2)c1. The van der Waals surface area contributed by atoms with Crippen LogP contribution in [0.2, 0.25) is 0 Å². The van der Waals surface area contributed by atoms with Gasteiger partial charge in [-0.25, -0.2) is 13.1 Å². The summed E-state index contributed by atoms with van der Waals surface area (Å²) in [5.74, 6) is 0.436. The lowest BCUT2D eigenvalue weighted by molar-refractivity contribution is 0.0727. The minimum atomic E-state index is -3.52. The minimum Gasteiger partial charge on any atom is -0.339 e. The molecule has 6 heteroatoms. The van der Waals surface area contributed by atoms with E-state index in [0.717, 1.165) is 12.8 Å². The molecule has 0 aliphatic heterocycles. The van der Waals surface area contributed by atoms with E-state index in [9.17, 15) is 13.2 Å². The van der Waals surface area contributed by atoms with Crippen molar-refractivity contribution in [2.45, 2.75) is 30.7 Å². The van der Waals surface area contributed by atoms with Crippen LogP contribution in [-0.2, 0) is 10.0 Å². The first-order valence-electron chi connectivity index (χ1n) is 6.67. The summed E-state index contributed by atoms with van der Waals surface area (Å²) >= 11 is 0. The number of rotatable bonds is 5. The zero-order valence-corrected chi connectivity index (χ0v) is 12.8. The molecule has 1 amide bonds. The Bertz CT molecular complexity index is 609. The second-order valence-electron chi connectivity index (χ2n) is 5.23. The molecule has 0 aromatic heterocycles. The maximum absolute atomic E-state index is 12.4. The molecule has 20 heavy (non-hydrogen) atoms. The average Bonchev–Trinajstić information content (AvgIpc) is 3.29. The highest BCUT2D eigenvalue weighted by Gasteiger charge is 2.32. The van der Waals surface area contributed by atoms with E-state index in [0.29, 0.717) is 11.5 Å². The van der Waals surface area contributed by atoms with Gasteiger partial charge in [-0.2, -0.15) is 0 Å². The van der Waals surface area contributed by atoms with Crippen molar-refractivity contribution in [2.24, 2.45) is 5.92 Å². The first-order valence-corrected chi connectivity index (χ1v) is 8.16. The molecule has 1 aliphatic rings. The van der Waals surface area contributed by atoms with Crippen LogP contribution >= 0.6 is 0 Å². The molecular formula is C14H20N2O3S. The quantitative estimate of drug-likeness (QED) is 0.894. The van der Waals surface area contributed by atoms with Crippen LogP contribution in [-0.4, -0.2) is 39.4 Å². The molecule has 0 saturated heterocycles. The molecule has 1 unspecified atom stereocenters. The lowest BCUT2D eigenvalue weighted by atomic mass is 10.1. The fourth-order valence-electron chi connectivity index (χ4n) is 2.20. The lowest BCUT2D eigenvalue weighted by Crippen LogP contribution is -2.36. The van der Waals surface area contributed by atoms with Gasteiger partial charge in [0.2, 0.25) is 10.0 Å². The molecule has 1 saturated carbocycles. The van der Waals surface area contributed by atoms with E-state index >= 15 is 0 Å². The topological polar surface area (TPSA) is 66.5 Å². The van der Waals surface area contributed by atoms with Crippen molar-refractivity contribution < 1.29 is 13.2 Å². The van der Waals surface area contributed by atoms with Gasteiger partial charge in [0.25, 0.3) is 5.91 Å². The molecule has 1 atom stereocenters. The lowest BCUT2D eigenvalue weighted by Gasteiger charge is -2.25. The van der Waals surface area contributed by atoms with E-state index in [1.165, 1.54) is 19.2 Å². The third-order valence-corrected chi connectivity index (χ3v) is 5.31. The Hall–Kier alpha value is -1.40. The van der Waals surface area contributed by atoms with E-state index in [1.807, 2.05) is 6.92 Å². The van der Waals surface area contributed by atoms with E-state index in [1.54, 1.807) is 24.1 Å². The second kappa shape index (κ2) is 5.54. The van der Waals surface area contributed by atoms with E-state index in [4.69, 9.17) is 0 Å². The van der Waals surface area contributed by atoms with Gasteiger partial charge in [-0.15, -0.1) is 0 Å². The highest BCUT2D eigenvalue weighted by molar-refractivity contribution is 7.89. The average molecular weight is 296 g/mol. The number of amides is 1. The zero-order chi connectivity index (χ0) is 14.9. The van der Waals surface area contributed by atoms with E-state index < -0.39 is 10.0 Å². The number of nitrogens with one attached hydrogen (secondary N) is 1. The smallest absolute Gasteiger partial charge is 0.253 e. The second-order valence-corrected chi connectivity index (χ2v) is 7.12. The molecule has 5 nitrogen and oxygen atoms in total. The molecular weight excluding hydrogens is 276 g/mol. The summed E-state index contributed by atoms with van der Waals surface area (Å²) in [4.78, 5) is 14.2. The standard InChI is InChI=1S/C14H20N2O3S/c1-10(11-7-8-11)16(3)14(17)12-5-4-6-13(9-12)20(18,19)15-2/h4-6,9-11,15H,7-8H2,1-3H3. The summed E-state index contributed by atoms with van der Waals surface area (Å²) in [5.41, 5.74) is 0.399. The normalized spacial score (nSPS) is 16.8. The molecule has 1 aliphatic carbocycles. The van der Waals surface area contributed by atoms with Crippen LogP contribution in [0.4, 0.5) is 0 Å². The van der Waals surface area contributed by atoms with Crippen molar-refractivity contribution >= 4 is 15.9 Å². The third kappa shape index (κ3) is 3.02. The van der Waals surface area contributed by atoms with Gasteiger partial charge in [-0.3, -0.25) is 4.79 Å². The summed E-state index contributed by atoms with van der Waals surface area (Å²) in [6, 6.07) is 6.32. The monoisotopic (exact) mass is 296 g/mol. The van der Waals surface area contributed by atoms with E-state index in [-0.39, 0.29) is 16.8 Å². The Morgan fingerprint density at radius 1 is 1.40 bits per heavy atom. The highest BCUT2D eigenvalue weighted by atomic mass is 32.2. The number of carbonyl (C=O) groups is 1. The van der Waals surface area contributed by atoms with Crippen LogP contribution in [0, 0.1) is 5.92 Å². The number of hydrogen-bond acceptors (Lipinski definition) is 3.